The van der Waals surface area contributed by atoms with Crippen LogP contribution < -0.4 is 10.2 Å². The van der Waals surface area contributed by atoms with E-state index >= 15 is 0 Å². The van der Waals surface area contributed by atoms with E-state index in [1.807, 2.05) is 61.5 Å². The molecule has 6 nitrogen and oxygen atoms in total. The summed E-state index contributed by atoms with van der Waals surface area (Å²) in [6.07, 6.45) is 4.19. The Labute approximate surface area is 194 Å². The molecule has 2 aliphatic heterocycles. The number of rotatable bonds is 4. The van der Waals surface area contributed by atoms with Crippen LogP contribution in [0.15, 0.2) is 54.6 Å². The standard InChI is InChI=1S/C27H31N3O3/c1-17-16-23(28-19-10-4-3-5-11-19)22-14-8-9-15-24(22)29(17)25(31)18(2)30-26(32)20-12-6-7-13-21(20)27(30)33/h3-5,8-11,14-15,17-18,20-21,23,28H,6-7,12-13,16H2,1-2H3/t17-,18+,20?,21?,23+/m0/s1. The lowest BCUT2D eigenvalue weighted by atomic mass is 9.81. The van der Waals surface area contributed by atoms with Gasteiger partial charge < -0.3 is 10.2 Å². The minimum absolute atomic E-state index is 0.0656. The van der Waals surface area contributed by atoms with Crippen molar-refractivity contribution in [3.63, 3.8) is 0 Å². The number of amides is 3. The third-order valence-electron chi connectivity index (χ3n) is 7.56. The van der Waals surface area contributed by atoms with Gasteiger partial charge in [-0.15, -0.1) is 0 Å². The lowest BCUT2D eigenvalue weighted by Crippen LogP contribution is -2.54. The predicted molar refractivity (Wildman–Crippen MR) is 128 cm³/mol. The van der Waals surface area contributed by atoms with E-state index in [-0.39, 0.29) is 41.6 Å². The van der Waals surface area contributed by atoms with Crippen LogP contribution in [0.5, 0.6) is 0 Å². The monoisotopic (exact) mass is 445 g/mol. The van der Waals surface area contributed by atoms with E-state index in [0.717, 1.165) is 49.0 Å². The number of para-hydroxylation sites is 2. The lowest BCUT2D eigenvalue weighted by Gasteiger charge is -2.41. The van der Waals surface area contributed by atoms with Crippen molar-refractivity contribution in [2.45, 2.75) is 64.1 Å². The number of benzene rings is 2. The highest BCUT2D eigenvalue weighted by Gasteiger charge is 2.51. The SMILES string of the molecule is C[C@H](C(=O)N1c2ccccc2[C@H](Nc2ccccc2)C[C@@H]1C)N1C(=O)C2CCCCC2C1=O. The molecule has 6 heteroatoms. The number of nitrogens with one attached hydrogen (secondary N) is 1. The summed E-state index contributed by atoms with van der Waals surface area (Å²) in [5, 5.41) is 3.60. The molecule has 5 rings (SSSR count). The van der Waals surface area contributed by atoms with E-state index in [2.05, 4.69) is 5.32 Å². The largest absolute Gasteiger partial charge is 0.378 e. The van der Waals surface area contributed by atoms with Crippen LogP contribution in [0.4, 0.5) is 11.4 Å². The van der Waals surface area contributed by atoms with Gasteiger partial charge >= 0.3 is 0 Å². The fourth-order valence-corrected chi connectivity index (χ4v) is 5.90. The molecule has 33 heavy (non-hydrogen) atoms. The zero-order valence-corrected chi connectivity index (χ0v) is 19.2. The molecule has 1 aliphatic carbocycles. The molecular formula is C27H31N3O3. The number of nitrogens with zero attached hydrogens (tertiary/aromatic N) is 2. The van der Waals surface area contributed by atoms with Crippen LogP contribution in [0.2, 0.25) is 0 Å². The predicted octanol–water partition coefficient (Wildman–Crippen LogP) is 4.53. The van der Waals surface area contributed by atoms with E-state index in [9.17, 15) is 14.4 Å². The zero-order valence-electron chi connectivity index (χ0n) is 19.2. The van der Waals surface area contributed by atoms with Gasteiger partial charge in [-0.1, -0.05) is 49.2 Å². The summed E-state index contributed by atoms with van der Waals surface area (Å²) in [6, 6.07) is 17.2. The minimum Gasteiger partial charge on any atom is -0.378 e. The van der Waals surface area contributed by atoms with Gasteiger partial charge in [0.05, 0.1) is 17.9 Å². The van der Waals surface area contributed by atoms with E-state index in [1.165, 1.54) is 4.90 Å². The molecule has 2 heterocycles. The average molecular weight is 446 g/mol. The Hall–Kier alpha value is -3.15. The molecule has 5 atom stereocenters. The second kappa shape index (κ2) is 8.65. The molecule has 1 saturated heterocycles. The van der Waals surface area contributed by atoms with Gasteiger partial charge in [0.2, 0.25) is 17.7 Å². The van der Waals surface area contributed by atoms with Gasteiger partial charge in [0.1, 0.15) is 6.04 Å². The van der Waals surface area contributed by atoms with E-state index in [1.54, 1.807) is 11.8 Å². The quantitative estimate of drug-likeness (QED) is 0.702. The van der Waals surface area contributed by atoms with Gasteiger partial charge in [-0.3, -0.25) is 19.3 Å². The number of imide groups is 1. The minimum atomic E-state index is -0.801. The normalized spacial score (nSPS) is 27.7. The van der Waals surface area contributed by atoms with Crippen molar-refractivity contribution in [2.24, 2.45) is 11.8 Å². The Morgan fingerprint density at radius 1 is 0.939 bits per heavy atom. The molecule has 2 fully saturated rings. The van der Waals surface area contributed by atoms with Crippen molar-refractivity contribution in [1.29, 1.82) is 0 Å². The van der Waals surface area contributed by atoms with Gasteiger partial charge in [0.25, 0.3) is 0 Å². The van der Waals surface area contributed by atoms with Crippen molar-refractivity contribution < 1.29 is 14.4 Å². The molecule has 3 amide bonds. The highest BCUT2D eigenvalue weighted by atomic mass is 16.2. The maximum absolute atomic E-state index is 13.8. The van der Waals surface area contributed by atoms with Crippen LogP contribution in [-0.4, -0.2) is 34.7 Å². The summed E-state index contributed by atoms with van der Waals surface area (Å²) >= 11 is 0. The fourth-order valence-electron chi connectivity index (χ4n) is 5.90. The van der Waals surface area contributed by atoms with Crippen molar-refractivity contribution in [2.75, 3.05) is 10.2 Å². The number of likely N-dealkylation sites (tertiary alicyclic amines) is 1. The number of hydrogen-bond donors (Lipinski definition) is 1. The number of carbonyl (C=O) groups excluding carboxylic acids is 3. The second-order valence-electron chi connectivity index (χ2n) is 9.63. The third-order valence-corrected chi connectivity index (χ3v) is 7.56. The van der Waals surface area contributed by atoms with Crippen molar-refractivity contribution >= 4 is 29.1 Å². The summed E-state index contributed by atoms with van der Waals surface area (Å²) in [5.74, 6) is -0.994. The maximum Gasteiger partial charge on any atom is 0.250 e. The summed E-state index contributed by atoms with van der Waals surface area (Å²) in [5.41, 5.74) is 2.93. The summed E-state index contributed by atoms with van der Waals surface area (Å²) in [6.45, 7) is 3.74. The van der Waals surface area contributed by atoms with Crippen LogP contribution >= 0.6 is 0 Å². The van der Waals surface area contributed by atoms with E-state index in [4.69, 9.17) is 0 Å². The average Bonchev–Trinajstić information content (AvgIpc) is 3.09. The summed E-state index contributed by atoms with van der Waals surface area (Å²) < 4.78 is 0. The van der Waals surface area contributed by atoms with Crippen LogP contribution in [0, 0.1) is 11.8 Å². The van der Waals surface area contributed by atoms with E-state index < -0.39 is 6.04 Å². The highest BCUT2D eigenvalue weighted by molar-refractivity contribution is 6.10. The van der Waals surface area contributed by atoms with Crippen LogP contribution in [0.1, 0.15) is 57.6 Å². The molecule has 1 N–H and O–H groups in total. The van der Waals surface area contributed by atoms with Crippen molar-refractivity contribution in [3.8, 4) is 0 Å². The van der Waals surface area contributed by atoms with Gasteiger partial charge in [0.15, 0.2) is 0 Å². The van der Waals surface area contributed by atoms with Gasteiger partial charge in [-0.25, -0.2) is 0 Å². The van der Waals surface area contributed by atoms with Gasteiger partial charge in [-0.05, 0) is 56.9 Å². The second-order valence-corrected chi connectivity index (χ2v) is 9.63. The van der Waals surface area contributed by atoms with Crippen molar-refractivity contribution in [1.82, 2.24) is 4.90 Å². The molecular weight excluding hydrogens is 414 g/mol. The fraction of sp³-hybridized carbons (Fsp3) is 0.444. The Kier molecular flexibility index (Phi) is 5.69. The zero-order chi connectivity index (χ0) is 23.1. The Balaban J connectivity index is 1.42. The Morgan fingerprint density at radius 3 is 2.21 bits per heavy atom. The Bertz CT molecular complexity index is 1050. The molecule has 2 unspecified atom stereocenters. The number of carbonyl (C=O) groups is 3. The lowest BCUT2D eigenvalue weighted by molar-refractivity contribution is -0.146. The summed E-state index contributed by atoms with van der Waals surface area (Å²) in [7, 11) is 0. The van der Waals surface area contributed by atoms with Crippen LogP contribution in [-0.2, 0) is 14.4 Å². The first-order valence-electron chi connectivity index (χ1n) is 12.1. The molecule has 0 radical (unpaired) electrons. The number of fused-ring (bicyclic) bond motifs is 2. The molecule has 3 aliphatic rings. The van der Waals surface area contributed by atoms with Gasteiger partial charge in [-0.2, -0.15) is 0 Å². The number of anilines is 2. The first kappa shape index (κ1) is 21.7. The highest BCUT2D eigenvalue weighted by Crippen LogP contribution is 2.42. The smallest absolute Gasteiger partial charge is 0.250 e. The maximum atomic E-state index is 13.8. The molecule has 0 bridgehead atoms. The first-order valence-corrected chi connectivity index (χ1v) is 12.1. The molecule has 172 valence electrons. The number of hydrogen-bond acceptors (Lipinski definition) is 4. The van der Waals surface area contributed by atoms with E-state index in [0.29, 0.717) is 0 Å². The van der Waals surface area contributed by atoms with Crippen LogP contribution in [0.25, 0.3) is 0 Å². The molecule has 1 saturated carbocycles. The third kappa shape index (κ3) is 3.71. The van der Waals surface area contributed by atoms with Gasteiger partial charge in [0, 0.05) is 17.4 Å². The molecule has 0 spiro atoms. The summed E-state index contributed by atoms with van der Waals surface area (Å²) in [4.78, 5) is 43.0. The van der Waals surface area contributed by atoms with Crippen LogP contribution in [0.3, 0.4) is 0 Å². The molecule has 2 aromatic rings. The molecule has 0 aromatic heterocycles. The Morgan fingerprint density at radius 2 is 1.55 bits per heavy atom. The van der Waals surface area contributed by atoms with Crippen molar-refractivity contribution in [3.05, 3.63) is 60.2 Å². The topological polar surface area (TPSA) is 69.7 Å². The first-order chi connectivity index (χ1) is 16.0. The molecule has 2 aromatic carbocycles.